The van der Waals surface area contributed by atoms with Gasteiger partial charge in [0.25, 0.3) is 0 Å². The van der Waals surface area contributed by atoms with Crippen LogP contribution in [0.15, 0.2) is 0 Å². The van der Waals surface area contributed by atoms with Gasteiger partial charge in [-0.05, 0) is 59.7 Å². The normalized spacial score (nSPS) is 33.4. The maximum atomic E-state index is 13.7. The monoisotopic (exact) mass is 544 g/mol. The van der Waals surface area contributed by atoms with E-state index in [1.54, 1.807) is 0 Å². The lowest BCUT2D eigenvalue weighted by Gasteiger charge is -2.85. The third kappa shape index (κ3) is 3.75. The molecule has 3 fully saturated rings. The van der Waals surface area contributed by atoms with Crippen molar-refractivity contribution in [2.45, 2.75) is 86.2 Å². The first-order valence-corrected chi connectivity index (χ1v) is 12.6. The second-order valence-electron chi connectivity index (χ2n) is 13.3. The Morgan fingerprint density at radius 3 is 1.62 bits per heavy atom. The maximum Gasteiger partial charge on any atom is 0.437 e. The largest absolute Gasteiger partial charge is 0.465 e. The summed E-state index contributed by atoms with van der Waals surface area (Å²) in [6.45, 7) is 14.3. The van der Waals surface area contributed by atoms with Crippen molar-refractivity contribution >= 4 is 11.9 Å². The van der Waals surface area contributed by atoms with Gasteiger partial charge in [0.15, 0.2) is 0 Å². The van der Waals surface area contributed by atoms with Crippen molar-refractivity contribution in [1.29, 1.82) is 0 Å². The molecule has 7 unspecified atom stereocenters. The zero-order chi connectivity index (χ0) is 28.8. The quantitative estimate of drug-likeness (QED) is 0.318. The lowest BCUT2D eigenvalue weighted by molar-refractivity contribution is -0.378. The molecule has 3 rings (SSSR count). The predicted molar refractivity (Wildman–Crippen MR) is 121 cm³/mol. The Balaban J connectivity index is 1.70. The lowest BCUT2D eigenvalue weighted by Crippen LogP contribution is -2.82. The fraction of sp³-hybridized carbons (Fsp3) is 0.923. The van der Waals surface area contributed by atoms with Gasteiger partial charge in [0.05, 0.1) is 18.6 Å². The zero-order valence-corrected chi connectivity index (χ0v) is 22.6. The van der Waals surface area contributed by atoms with E-state index in [-0.39, 0.29) is 12.0 Å². The van der Waals surface area contributed by atoms with Gasteiger partial charge in [-0.3, -0.25) is 4.79 Å². The molecule has 0 aromatic heterocycles. The molecule has 0 amide bonds. The van der Waals surface area contributed by atoms with E-state index in [1.807, 2.05) is 27.7 Å². The Morgan fingerprint density at radius 2 is 1.24 bits per heavy atom. The second kappa shape index (κ2) is 8.49. The van der Waals surface area contributed by atoms with Crippen molar-refractivity contribution in [3.63, 3.8) is 0 Å². The first-order valence-electron chi connectivity index (χ1n) is 12.6. The average molecular weight is 545 g/mol. The van der Waals surface area contributed by atoms with Crippen molar-refractivity contribution in [3.05, 3.63) is 0 Å². The first-order chi connectivity index (χ1) is 16.4. The predicted octanol–water partition coefficient (Wildman–Crippen LogP) is 5.94. The van der Waals surface area contributed by atoms with E-state index in [0.717, 1.165) is 6.42 Å². The van der Waals surface area contributed by atoms with Crippen molar-refractivity contribution in [2.24, 2.45) is 51.2 Å². The number of hydrogen-bond donors (Lipinski definition) is 1. The number of halogens is 6. The number of fused-ring (bicyclic) bond motifs is 4. The number of alkyl halides is 6. The summed E-state index contributed by atoms with van der Waals surface area (Å²) in [4.78, 5) is 25.4. The van der Waals surface area contributed by atoms with Crippen LogP contribution in [0, 0.1) is 51.2 Å². The number of carbonyl (C=O) groups excluding carboxylic acids is 2. The molecule has 1 N–H and O–H groups in total. The molecule has 0 heterocycles. The van der Waals surface area contributed by atoms with Crippen LogP contribution in [-0.4, -0.2) is 48.2 Å². The van der Waals surface area contributed by atoms with E-state index in [0.29, 0.717) is 23.7 Å². The van der Waals surface area contributed by atoms with Crippen LogP contribution < -0.4 is 0 Å². The zero-order valence-electron chi connectivity index (χ0n) is 22.6. The Hall–Kier alpha value is -1.52. The van der Waals surface area contributed by atoms with Crippen LogP contribution in [0.1, 0.15) is 68.2 Å². The van der Waals surface area contributed by atoms with Crippen LogP contribution in [0.5, 0.6) is 0 Å². The molecule has 0 spiro atoms. The Kier molecular flexibility index (Phi) is 6.89. The molecular formula is C26H38F6O5. The third-order valence-corrected chi connectivity index (χ3v) is 10.6. The molecule has 0 bridgehead atoms. The van der Waals surface area contributed by atoms with E-state index >= 15 is 0 Å². The third-order valence-electron chi connectivity index (χ3n) is 10.6. The fourth-order valence-electron chi connectivity index (χ4n) is 7.68. The fourth-order valence-corrected chi connectivity index (χ4v) is 7.68. The summed E-state index contributed by atoms with van der Waals surface area (Å²) >= 11 is 0. The first kappa shape index (κ1) is 30.0. The van der Waals surface area contributed by atoms with Crippen molar-refractivity contribution in [3.8, 4) is 0 Å². The summed E-state index contributed by atoms with van der Waals surface area (Å²) in [5.74, 6) is -2.12. The topological polar surface area (TPSA) is 72.8 Å². The van der Waals surface area contributed by atoms with Gasteiger partial charge in [-0.1, -0.05) is 48.5 Å². The van der Waals surface area contributed by atoms with Gasteiger partial charge in [-0.15, -0.1) is 0 Å². The molecule has 3 saturated carbocycles. The number of ether oxygens (including phenoxy) is 2. The highest BCUT2D eigenvalue weighted by Crippen LogP contribution is 2.86. The van der Waals surface area contributed by atoms with E-state index < -0.39 is 58.7 Å². The van der Waals surface area contributed by atoms with Gasteiger partial charge in [-0.2, -0.15) is 26.3 Å². The van der Waals surface area contributed by atoms with Crippen molar-refractivity contribution in [1.82, 2.24) is 0 Å². The summed E-state index contributed by atoms with van der Waals surface area (Å²) in [5, 5.41) is 9.14. The smallest absolute Gasteiger partial charge is 0.437 e. The van der Waals surface area contributed by atoms with Gasteiger partial charge in [-0.25, -0.2) is 4.79 Å². The molecule has 7 atom stereocenters. The Bertz CT molecular complexity index is 921. The molecular weight excluding hydrogens is 506 g/mol. The van der Waals surface area contributed by atoms with Gasteiger partial charge < -0.3 is 14.6 Å². The number of carbonyl (C=O) groups is 2. The average Bonchev–Trinajstić information content (AvgIpc) is 2.72. The SMILES string of the molecule is CC(COC(=O)C(C)(C(C)(C)C)C1(C)C2C3CCC3C2C1(C)C)COC(=O)C(O)(C(F)(F)F)C(F)(F)F. The highest BCUT2D eigenvalue weighted by atomic mass is 19.4. The minimum Gasteiger partial charge on any atom is -0.465 e. The number of hydrogen-bond acceptors (Lipinski definition) is 5. The molecule has 214 valence electrons. The van der Waals surface area contributed by atoms with Crippen LogP contribution in [0.25, 0.3) is 0 Å². The standard InChI is InChI=1S/C26H38F6O5/c1-13(12-37-19(34)24(35,25(27,28)29)26(30,31)32)11-36-18(33)23(8,20(2,3)4)22(7)17-15-10-9-14(15)16(17)21(22,5)6/h13-17,35H,9-12H2,1-8H3. The van der Waals surface area contributed by atoms with Crippen LogP contribution in [-0.2, 0) is 19.1 Å². The summed E-state index contributed by atoms with van der Waals surface area (Å²) in [7, 11) is 0. The molecule has 3 aliphatic rings. The van der Waals surface area contributed by atoms with Crippen LogP contribution in [0.3, 0.4) is 0 Å². The molecule has 0 radical (unpaired) electrons. The van der Waals surface area contributed by atoms with Crippen LogP contribution >= 0.6 is 0 Å². The van der Waals surface area contributed by atoms with Gasteiger partial charge >= 0.3 is 29.9 Å². The molecule has 0 aromatic rings. The summed E-state index contributed by atoms with van der Waals surface area (Å²) in [6, 6.07) is 0. The van der Waals surface area contributed by atoms with E-state index in [4.69, 9.17) is 9.84 Å². The molecule has 0 saturated heterocycles. The van der Waals surface area contributed by atoms with Crippen molar-refractivity contribution in [2.75, 3.05) is 13.2 Å². The van der Waals surface area contributed by atoms with E-state index in [1.165, 1.54) is 13.3 Å². The highest BCUT2D eigenvalue weighted by molar-refractivity contribution is 5.81. The molecule has 0 aromatic carbocycles. The minimum atomic E-state index is -6.32. The molecule has 0 aliphatic heterocycles. The highest BCUT2D eigenvalue weighted by Gasteiger charge is 2.83. The van der Waals surface area contributed by atoms with Crippen LogP contribution in [0.4, 0.5) is 26.3 Å². The van der Waals surface area contributed by atoms with E-state index in [9.17, 15) is 35.9 Å². The van der Waals surface area contributed by atoms with Crippen LogP contribution in [0.2, 0.25) is 0 Å². The molecule has 3 aliphatic carbocycles. The van der Waals surface area contributed by atoms with Gasteiger partial charge in [0, 0.05) is 5.92 Å². The molecule has 5 nitrogen and oxygen atoms in total. The Labute approximate surface area is 213 Å². The lowest BCUT2D eigenvalue weighted by atomic mass is 9.19. The minimum absolute atomic E-state index is 0.138. The Morgan fingerprint density at radius 1 is 0.838 bits per heavy atom. The number of esters is 2. The number of aliphatic hydroxyl groups is 1. The van der Waals surface area contributed by atoms with Gasteiger partial charge in [0.1, 0.15) is 0 Å². The molecule has 11 heteroatoms. The summed E-state index contributed by atoms with van der Waals surface area (Å²) in [5.41, 5.74) is -7.66. The van der Waals surface area contributed by atoms with E-state index in [2.05, 4.69) is 25.5 Å². The second-order valence-corrected chi connectivity index (χ2v) is 13.3. The number of rotatable bonds is 7. The van der Waals surface area contributed by atoms with Crippen molar-refractivity contribution < 1.29 is 50.5 Å². The summed E-state index contributed by atoms with van der Waals surface area (Å²) in [6.07, 6.45) is -10.3. The maximum absolute atomic E-state index is 13.7. The summed E-state index contributed by atoms with van der Waals surface area (Å²) < 4.78 is 87.0. The molecule has 37 heavy (non-hydrogen) atoms. The van der Waals surface area contributed by atoms with Gasteiger partial charge in [0.2, 0.25) is 0 Å².